The first-order valence-electron chi connectivity index (χ1n) is 16.5. The summed E-state index contributed by atoms with van der Waals surface area (Å²) >= 11 is 0. The van der Waals surface area contributed by atoms with Crippen LogP contribution in [0.5, 0.6) is 0 Å². The van der Waals surface area contributed by atoms with Crippen LogP contribution in [0.2, 0.25) is 0 Å². The maximum atomic E-state index is 14.1. The van der Waals surface area contributed by atoms with Crippen LogP contribution < -0.4 is 11.1 Å². The third-order valence-electron chi connectivity index (χ3n) is 10.3. The predicted molar refractivity (Wildman–Crippen MR) is 167 cm³/mol. The Morgan fingerprint density at radius 2 is 1.78 bits per heavy atom. The fraction of sp³-hybridized carbons (Fsp3) is 0.676. The van der Waals surface area contributed by atoms with Crippen molar-refractivity contribution >= 4 is 34.4 Å². The number of methoxy groups -OCH3 is 2. The number of alkyl halides is 1. The van der Waals surface area contributed by atoms with Gasteiger partial charge in [0.2, 0.25) is 17.6 Å². The van der Waals surface area contributed by atoms with Gasteiger partial charge >= 0.3 is 5.97 Å². The second kappa shape index (κ2) is 15.5. The average Bonchev–Trinajstić information content (AvgIpc) is 3.71. The van der Waals surface area contributed by atoms with E-state index in [4.69, 9.17) is 24.4 Å². The number of hydrogen-bond donors (Lipinski definition) is 2. The van der Waals surface area contributed by atoms with Gasteiger partial charge < -0.3 is 34.6 Å². The number of ether oxygens (including phenoxy) is 3. The first-order valence-corrected chi connectivity index (χ1v) is 16.5. The summed E-state index contributed by atoms with van der Waals surface area (Å²) in [5, 5.41) is 3.74. The second-order valence-corrected chi connectivity index (χ2v) is 13.0. The molecule has 45 heavy (non-hydrogen) atoms. The van der Waals surface area contributed by atoms with Crippen LogP contribution in [-0.2, 0) is 23.8 Å². The molecule has 2 aliphatic carbocycles. The molecule has 3 fully saturated rings. The van der Waals surface area contributed by atoms with Crippen molar-refractivity contribution in [2.45, 2.75) is 82.4 Å². The molecule has 0 unspecified atom stereocenters. The highest BCUT2D eigenvalue weighted by atomic mass is 19.1. The van der Waals surface area contributed by atoms with E-state index in [1.165, 1.54) is 0 Å². The number of halogens is 1. The molecule has 0 bridgehead atoms. The summed E-state index contributed by atoms with van der Waals surface area (Å²) in [5.41, 5.74) is 7.03. The minimum Gasteiger partial charge on any atom is -0.460 e. The van der Waals surface area contributed by atoms with Crippen molar-refractivity contribution in [3.63, 3.8) is 0 Å². The highest BCUT2D eigenvalue weighted by molar-refractivity contribution is 6.00. The molecular formula is C34H48FN3O7. The van der Waals surface area contributed by atoms with Crippen molar-refractivity contribution < 1.29 is 37.4 Å². The summed E-state index contributed by atoms with van der Waals surface area (Å²) in [6.07, 6.45) is 8.23. The summed E-state index contributed by atoms with van der Waals surface area (Å²) in [4.78, 5) is 42.3. The van der Waals surface area contributed by atoms with E-state index in [1.54, 1.807) is 38.5 Å². The molecule has 1 aliphatic heterocycles. The normalized spacial score (nSPS) is 27.8. The number of esters is 1. The molecule has 2 saturated carbocycles. The van der Waals surface area contributed by atoms with E-state index < -0.39 is 24.7 Å². The zero-order valence-electron chi connectivity index (χ0n) is 26.5. The van der Waals surface area contributed by atoms with Crippen LogP contribution in [0, 0.1) is 23.7 Å². The number of amides is 2. The van der Waals surface area contributed by atoms with Crippen molar-refractivity contribution in [3.05, 3.63) is 30.0 Å². The van der Waals surface area contributed by atoms with Gasteiger partial charge in [-0.05, 0) is 99.8 Å². The number of fused-ring (bicyclic) bond motifs is 1. The van der Waals surface area contributed by atoms with Gasteiger partial charge in [0.25, 0.3) is 0 Å². The summed E-state index contributed by atoms with van der Waals surface area (Å²) in [5.74, 6) is -0.343. The molecule has 11 heteroatoms. The van der Waals surface area contributed by atoms with Crippen molar-refractivity contribution in [3.8, 4) is 0 Å². The Morgan fingerprint density at radius 1 is 1.02 bits per heavy atom. The molecule has 1 aromatic carbocycles. The monoisotopic (exact) mass is 629 g/mol. The number of nitrogens with one attached hydrogen (secondary N) is 1. The molecule has 248 valence electrons. The van der Waals surface area contributed by atoms with Crippen molar-refractivity contribution in [1.29, 1.82) is 0 Å². The van der Waals surface area contributed by atoms with Gasteiger partial charge in [-0.15, -0.1) is 0 Å². The molecule has 2 heterocycles. The predicted octanol–water partition coefficient (Wildman–Crippen LogP) is 5.09. The number of carbonyl (C=O) groups excluding carboxylic acids is 3. The Hall–Kier alpha value is -3.02. The third kappa shape index (κ3) is 7.86. The molecule has 0 radical (unpaired) electrons. The van der Waals surface area contributed by atoms with Gasteiger partial charge in [-0.3, -0.25) is 9.59 Å². The molecule has 2 aromatic rings. The van der Waals surface area contributed by atoms with Gasteiger partial charge in [0, 0.05) is 56.8 Å². The smallest absolute Gasteiger partial charge is 0.374 e. The first-order chi connectivity index (χ1) is 21.8. The van der Waals surface area contributed by atoms with Crippen molar-refractivity contribution in [2.24, 2.45) is 29.4 Å². The Kier molecular flexibility index (Phi) is 11.5. The fourth-order valence-corrected chi connectivity index (χ4v) is 7.68. The van der Waals surface area contributed by atoms with E-state index in [9.17, 15) is 18.8 Å². The van der Waals surface area contributed by atoms with E-state index in [1.807, 2.05) is 4.90 Å². The first kappa shape index (κ1) is 33.3. The molecule has 0 spiro atoms. The Morgan fingerprint density at radius 3 is 2.47 bits per heavy atom. The standard InChI is InChI=1S/C34H48FN3O7/c1-42-16-3-17-44-34(41)30-19-24-18-25(10-13-29(24)45-30)37-32(39)31-27(21-8-11-26(43-2)12-9-21)14-15-38(31)33(40)23-6-4-22(5-7-23)28(36)20-35/h10,13,18-19,21-23,26-28,31H,3-9,11-12,14-17,20,36H2,1-2H3,(H,37,39)/t21?,22?,23?,26?,27-,28-,31-/m1/s1. The van der Waals surface area contributed by atoms with Gasteiger partial charge in [-0.25, -0.2) is 9.18 Å². The molecule has 1 saturated heterocycles. The lowest BCUT2D eigenvalue weighted by atomic mass is 9.75. The van der Waals surface area contributed by atoms with Gasteiger partial charge in [0.05, 0.1) is 12.7 Å². The van der Waals surface area contributed by atoms with Crippen LogP contribution in [0.3, 0.4) is 0 Å². The summed E-state index contributed by atoms with van der Waals surface area (Å²) < 4.78 is 34.7. The van der Waals surface area contributed by atoms with Crippen LogP contribution in [0.25, 0.3) is 11.0 Å². The number of likely N-dealkylation sites (tertiary alicyclic amines) is 1. The number of hydrogen-bond acceptors (Lipinski definition) is 8. The van der Waals surface area contributed by atoms with Gasteiger partial charge in [-0.2, -0.15) is 0 Å². The highest BCUT2D eigenvalue weighted by Gasteiger charge is 2.47. The second-order valence-electron chi connectivity index (χ2n) is 13.0. The Bertz CT molecular complexity index is 1300. The summed E-state index contributed by atoms with van der Waals surface area (Å²) in [6, 6.07) is 5.78. The lowest BCUT2D eigenvalue weighted by Crippen LogP contribution is -2.50. The van der Waals surface area contributed by atoms with Crippen LogP contribution >= 0.6 is 0 Å². The van der Waals surface area contributed by atoms with Gasteiger partial charge in [-0.1, -0.05) is 0 Å². The van der Waals surface area contributed by atoms with E-state index in [0.717, 1.165) is 44.9 Å². The molecule has 2 amide bonds. The maximum absolute atomic E-state index is 14.1. The van der Waals surface area contributed by atoms with Crippen LogP contribution in [0.15, 0.2) is 28.7 Å². The maximum Gasteiger partial charge on any atom is 0.374 e. The third-order valence-corrected chi connectivity index (χ3v) is 10.3. The lowest BCUT2D eigenvalue weighted by Gasteiger charge is -2.37. The zero-order chi connectivity index (χ0) is 31.9. The van der Waals surface area contributed by atoms with Crippen LogP contribution in [0.1, 0.15) is 74.8 Å². The number of anilines is 1. The number of furan rings is 1. The van der Waals surface area contributed by atoms with Crippen LogP contribution in [-0.4, -0.2) is 81.5 Å². The highest BCUT2D eigenvalue weighted by Crippen LogP contribution is 2.42. The topological polar surface area (TPSA) is 133 Å². The van der Waals surface area contributed by atoms with Gasteiger partial charge in [0.15, 0.2) is 0 Å². The number of nitrogens with zero attached hydrogens (tertiary/aromatic N) is 1. The largest absolute Gasteiger partial charge is 0.460 e. The number of rotatable bonds is 12. The zero-order valence-corrected chi connectivity index (χ0v) is 26.5. The number of benzene rings is 1. The van der Waals surface area contributed by atoms with E-state index >= 15 is 0 Å². The Balaban J connectivity index is 1.30. The van der Waals surface area contributed by atoms with Crippen molar-refractivity contribution in [1.82, 2.24) is 4.90 Å². The van der Waals surface area contributed by atoms with Crippen LogP contribution in [0.4, 0.5) is 10.1 Å². The summed E-state index contributed by atoms with van der Waals surface area (Å²) in [6.45, 7) is 0.719. The fourth-order valence-electron chi connectivity index (χ4n) is 7.68. The molecule has 5 rings (SSSR count). The van der Waals surface area contributed by atoms with E-state index in [2.05, 4.69) is 5.32 Å². The summed E-state index contributed by atoms with van der Waals surface area (Å²) in [7, 11) is 3.34. The Labute approximate surface area is 264 Å². The van der Waals surface area contributed by atoms with E-state index in [-0.39, 0.29) is 48.0 Å². The number of nitrogens with two attached hydrogens (primary N) is 1. The van der Waals surface area contributed by atoms with Gasteiger partial charge in [0.1, 0.15) is 18.3 Å². The number of carbonyl (C=O) groups is 3. The lowest BCUT2D eigenvalue weighted by molar-refractivity contribution is -0.142. The molecule has 3 aliphatic rings. The van der Waals surface area contributed by atoms with Crippen molar-refractivity contribution in [2.75, 3.05) is 46.0 Å². The molecule has 1 aromatic heterocycles. The molecular weight excluding hydrogens is 581 g/mol. The SMILES string of the molecule is COCCCOC(=O)c1cc2cc(NC(=O)[C@H]3[C@@H](C4CCC(OC)CC4)CCN3C(=O)C3CCC([C@H](N)CF)CC3)ccc2o1. The average molecular weight is 630 g/mol. The molecule has 3 atom stereocenters. The molecule has 3 N–H and O–H groups in total. The minimum absolute atomic E-state index is 0.0226. The molecule has 10 nitrogen and oxygen atoms in total. The van der Waals surface area contributed by atoms with E-state index in [0.29, 0.717) is 55.0 Å². The quantitative estimate of drug-likeness (QED) is 0.245. The minimum atomic E-state index is -0.579.